The summed E-state index contributed by atoms with van der Waals surface area (Å²) in [6.45, 7) is 2.22. The molecule has 152 valence electrons. The highest BCUT2D eigenvalue weighted by atomic mass is 32.2. The molecule has 0 saturated carbocycles. The molecule has 2 aromatic carbocycles. The van der Waals surface area contributed by atoms with Gasteiger partial charge in [-0.2, -0.15) is 0 Å². The monoisotopic (exact) mass is 441 g/mol. The van der Waals surface area contributed by atoms with Crippen molar-refractivity contribution in [2.45, 2.75) is 23.9 Å². The fraction of sp³-hybridized carbons (Fsp3) is 0.136. The second-order valence-corrected chi connectivity index (χ2v) is 8.86. The molecule has 0 aliphatic rings. The topological polar surface area (TPSA) is 47.8 Å². The van der Waals surface area contributed by atoms with Crippen LogP contribution in [0.15, 0.2) is 71.2 Å². The second-order valence-electron chi connectivity index (χ2n) is 6.60. The maximum atomic E-state index is 14.1. The lowest BCUT2D eigenvalue weighted by Crippen LogP contribution is -2.16. The third-order valence-electron chi connectivity index (χ3n) is 4.49. The van der Waals surface area contributed by atoms with E-state index in [1.54, 1.807) is 18.3 Å². The first-order chi connectivity index (χ1) is 14.5. The number of benzene rings is 2. The number of hydrogen-bond acceptors (Lipinski definition) is 5. The molecular weight excluding hydrogens is 424 g/mol. The normalized spacial score (nSPS) is 12.1. The predicted octanol–water partition coefficient (Wildman–Crippen LogP) is 5.70. The summed E-state index contributed by atoms with van der Waals surface area (Å²) in [6, 6.07) is 16.8. The summed E-state index contributed by atoms with van der Waals surface area (Å²) in [6.07, 6.45) is 0. The van der Waals surface area contributed by atoms with Crippen LogP contribution >= 0.6 is 23.1 Å². The molecule has 4 aromatic rings. The molecule has 1 unspecified atom stereocenters. The summed E-state index contributed by atoms with van der Waals surface area (Å²) in [7, 11) is 0. The Morgan fingerprint density at radius 1 is 1.10 bits per heavy atom. The van der Waals surface area contributed by atoms with Gasteiger partial charge in [0.05, 0.1) is 22.2 Å². The Morgan fingerprint density at radius 3 is 2.60 bits per heavy atom. The summed E-state index contributed by atoms with van der Waals surface area (Å²) in [5.74, 6) is -1.29. The zero-order valence-electron chi connectivity index (χ0n) is 16.0. The third-order valence-corrected chi connectivity index (χ3v) is 6.44. The van der Waals surface area contributed by atoms with E-state index in [0.717, 1.165) is 22.6 Å². The van der Waals surface area contributed by atoms with Crippen LogP contribution < -0.4 is 0 Å². The van der Waals surface area contributed by atoms with Gasteiger partial charge in [-0.1, -0.05) is 48.2 Å². The van der Waals surface area contributed by atoms with Gasteiger partial charge in [-0.15, -0.1) is 21.5 Å². The minimum absolute atomic E-state index is 0.135. The van der Waals surface area contributed by atoms with Crippen LogP contribution in [0, 0.1) is 11.6 Å². The molecule has 0 N–H and O–H groups in total. The van der Waals surface area contributed by atoms with E-state index in [1.165, 1.54) is 17.8 Å². The molecule has 30 heavy (non-hydrogen) atoms. The summed E-state index contributed by atoms with van der Waals surface area (Å²) in [5.41, 5.74) is 0.935. The van der Waals surface area contributed by atoms with Crippen LogP contribution in [0.2, 0.25) is 0 Å². The number of carbonyl (C=O) groups excluding carboxylic acids is 1. The van der Waals surface area contributed by atoms with Gasteiger partial charge in [0.2, 0.25) is 0 Å². The maximum Gasteiger partial charge on any atom is 0.192 e. The average Bonchev–Trinajstić information content (AvgIpc) is 3.39. The van der Waals surface area contributed by atoms with Crippen molar-refractivity contribution in [2.24, 2.45) is 0 Å². The Morgan fingerprint density at radius 2 is 1.90 bits per heavy atom. The van der Waals surface area contributed by atoms with E-state index in [4.69, 9.17) is 0 Å². The van der Waals surface area contributed by atoms with Crippen LogP contribution in [-0.4, -0.2) is 25.8 Å². The molecule has 8 heteroatoms. The Balaban J connectivity index is 1.64. The number of nitrogens with zero attached hydrogens (tertiary/aromatic N) is 3. The number of ketones is 1. The molecule has 0 bridgehead atoms. The van der Waals surface area contributed by atoms with Crippen molar-refractivity contribution in [2.75, 3.05) is 0 Å². The van der Waals surface area contributed by atoms with Gasteiger partial charge in [-0.3, -0.25) is 9.36 Å². The molecule has 1 atom stereocenters. The van der Waals surface area contributed by atoms with E-state index < -0.39 is 22.7 Å². The van der Waals surface area contributed by atoms with Gasteiger partial charge in [-0.05, 0) is 36.1 Å². The number of hydrogen-bond donors (Lipinski definition) is 0. The van der Waals surface area contributed by atoms with Crippen LogP contribution in [0.4, 0.5) is 8.78 Å². The minimum Gasteiger partial charge on any atom is -0.297 e. The van der Waals surface area contributed by atoms with E-state index in [0.29, 0.717) is 17.5 Å². The van der Waals surface area contributed by atoms with Gasteiger partial charge in [-0.25, -0.2) is 8.78 Å². The van der Waals surface area contributed by atoms with E-state index in [9.17, 15) is 13.6 Å². The van der Waals surface area contributed by atoms with Gasteiger partial charge in [0.1, 0.15) is 11.6 Å². The molecule has 0 fully saturated rings. The molecular formula is C22H17F2N3OS2. The fourth-order valence-corrected chi connectivity index (χ4v) is 4.63. The molecule has 2 aromatic heterocycles. The molecule has 0 aliphatic heterocycles. The van der Waals surface area contributed by atoms with Crippen molar-refractivity contribution in [1.82, 2.24) is 14.8 Å². The molecule has 0 amide bonds. The van der Waals surface area contributed by atoms with Crippen LogP contribution in [0.3, 0.4) is 0 Å². The molecule has 0 radical (unpaired) electrons. The largest absolute Gasteiger partial charge is 0.297 e. The van der Waals surface area contributed by atoms with Crippen molar-refractivity contribution in [1.29, 1.82) is 0 Å². The first-order valence-corrected chi connectivity index (χ1v) is 11.0. The van der Waals surface area contributed by atoms with Crippen molar-refractivity contribution >= 4 is 28.9 Å². The lowest BCUT2D eigenvalue weighted by molar-refractivity contribution is 0.0990. The summed E-state index contributed by atoms with van der Waals surface area (Å²) in [5, 5.41) is 10.5. The fourth-order valence-electron chi connectivity index (χ4n) is 2.99. The van der Waals surface area contributed by atoms with E-state index >= 15 is 0 Å². The number of aromatic nitrogens is 3. The number of rotatable bonds is 7. The summed E-state index contributed by atoms with van der Waals surface area (Å²) < 4.78 is 29.2. The lowest BCUT2D eigenvalue weighted by Gasteiger charge is -2.13. The van der Waals surface area contributed by atoms with Crippen molar-refractivity contribution < 1.29 is 13.6 Å². The Bertz CT molecular complexity index is 1160. The predicted molar refractivity (Wildman–Crippen MR) is 115 cm³/mol. The van der Waals surface area contributed by atoms with Crippen LogP contribution in [-0.2, 0) is 6.54 Å². The summed E-state index contributed by atoms with van der Waals surface area (Å²) in [4.78, 5) is 13.7. The standard InChI is InChI=1S/C22H17F2N3OS2/c1-14(20(28)17-10-9-16(23)12-18(17)24)30-22-26-25-21(19-8-5-11-29-19)27(22)13-15-6-3-2-4-7-15/h2-12,14H,13H2,1H3. The van der Waals surface area contributed by atoms with E-state index in [-0.39, 0.29) is 5.56 Å². The smallest absolute Gasteiger partial charge is 0.192 e. The maximum absolute atomic E-state index is 14.1. The summed E-state index contributed by atoms with van der Waals surface area (Å²) >= 11 is 2.76. The molecule has 4 rings (SSSR count). The highest BCUT2D eigenvalue weighted by Gasteiger charge is 2.24. The first-order valence-electron chi connectivity index (χ1n) is 9.20. The van der Waals surface area contributed by atoms with Gasteiger partial charge >= 0.3 is 0 Å². The van der Waals surface area contributed by atoms with E-state index in [2.05, 4.69) is 10.2 Å². The van der Waals surface area contributed by atoms with Gasteiger partial charge < -0.3 is 0 Å². The van der Waals surface area contributed by atoms with Gasteiger partial charge in [0, 0.05) is 6.07 Å². The van der Waals surface area contributed by atoms with Gasteiger partial charge in [0.25, 0.3) is 0 Å². The third kappa shape index (κ3) is 4.34. The Hall–Kier alpha value is -2.84. The van der Waals surface area contributed by atoms with Crippen LogP contribution in [0.25, 0.3) is 10.7 Å². The van der Waals surface area contributed by atoms with Crippen LogP contribution in [0.5, 0.6) is 0 Å². The van der Waals surface area contributed by atoms with E-state index in [1.807, 2.05) is 52.4 Å². The van der Waals surface area contributed by atoms with Gasteiger partial charge in [0.15, 0.2) is 16.8 Å². The highest BCUT2D eigenvalue weighted by Crippen LogP contribution is 2.31. The second kappa shape index (κ2) is 8.89. The molecule has 0 spiro atoms. The number of thioether (sulfide) groups is 1. The quantitative estimate of drug-likeness (QED) is 0.273. The highest BCUT2D eigenvalue weighted by molar-refractivity contribution is 8.00. The SMILES string of the molecule is CC(Sc1nnc(-c2cccs2)n1Cc1ccccc1)C(=O)c1ccc(F)cc1F. The Labute approximate surface area is 180 Å². The molecule has 2 heterocycles. The zero-order chi connectivity index (χ0) is 21.1. The number of halogens is 2. The molecule has 4 nitrogen and oxygen atoms in total. The van der Waals surface area contributed by atoms with Crippen LogP contribution in [0.1, 0.15) is 22.8 Å². The Kier molecular flexibility index (Phi) is 6.06. The first kappa shape index (κ1) is 20.4. The number of carbonyl (C=O) groups is 1. The zero-order valence-corrected chi connectivity index (χ0v) is 17.6. The molecule has 0 saturated heterocycles. The average molecular weight is 442 g/mol. The minimum atomic E-state index is -0.863. The number of thiophene rings is 1. The van der Waals surface area contributed by atoms with Crippen molar-refractivity contribution in [3.05, 3.63) is 88.8 Å². The number of Topliss-reactive ketones (excluding diaryl/α,β-unsaturated/α-hetero) is 1. The van der Waals surface area contributed by atoms with Crippen molar-refractivity contribution in [3.63, 3.8) is 0 Å². The van der Waals surface area contributed by atoms with Crippen molar-refractivity contribution in [3.8, 4) is 10.7 Å². The lowest BCUT2D eigenvalue weighted by atomic mass is 10.1. The molecule has 0 aliphatic carbocycles.